The molecule has 0 unspecified atom stereocenters. The van der Waals surface area contributed by atoms with E-state index in [2.05, 4.69) is 15.3 Å². The highest BCUT2D eigenvalue weighted by atomic mass is 16.4. The molecule has 1 aromatic carbocycles. The molecule has 0 aliphatic heterocycles. The fourth-order valence-corrected chi connectivity index (χ4v) is 1.87. The van der Waals surface area contributed by atoms with Gasteiger partial charge in [-0.1, -0.05) is 23.8 Å². The van der Waals surface area contributed by atoms with Gasteiger partial charge in [-0.25, -0.2) is 14.8 Å². The molecule has 0 fully saturated rings. The minimum absolute atomic E-state index is 0.0191. The van der Waals surface area contributed by atoms with Crippen LogP contribution in [0.15, 0.2) is 24.3 Å². The van der Waals surface area contributed by atoms with Gasteiger partial charge < -0.3 is 10.4 Å². The first-order chi connectivity index (χ1) is 9.01. The summed E-state index contributed by atoms with van der Waals surface area (Å²) in [4.78, 5) is 19.5. The molecule has 2 N–H and O–H groups in total. The molecule has 2 rings (SSSR count). The van der Waals surface area contributed by atoms with E-state index < -0.39 is 5.97 Å². The highest BCUT2D eigenvalue weighted by molar-refractivity contribution is 5.87. The van der Waals surface area contributed by atoms with Crippen LogP contribution in [-0.4, -0.2) is 28.1 Å². The van der Waals surface area contributed by atoms with Gasteiger partial charge in [0, 0.05) is 18.7 Å². The number of hydrogen-bond acceptors (Lipinski definition) is 4. The predicted octanol–water partition coefficient (Wildman–Crippen LogP) is 2.50. The van der Waals surface area contributed by atoms with Crippen molar-refractivity contribution in [3.05, 3.63) is 41.1 Å². The van der Waals surface area contributed by atoms with Crippen molar-refractivity contribution < 1.29 is 9.90 Å². The van der Waals surface area contributed by atoms with Gasteiger partial charge in [0.15, 0.2) is 11.5 Å². The monoisotopic (exact) mass is 257 g/mol. The Morgan fingerprint density at radius 2 is 1.95 bits per heavy atom. The van der Waals surface area contributed by atoms with Gasteiger partial charge in [-0.05, 0) is 19.4 Å². The molecule has 0 aliphatic rings. The van der Waals surface area contributed by atoms with Crippen LogP contribution >= 0.6 is 0 Å². The summed E-state index contributed by atoms with van der Waals surface area (Å²) in [5, 5.41) is 11.9. The van der Waals surface area contributed by atoms with Crippen molar-refractivity contribution in [2.24, 2.45) is 0 Å². The number of aromatic carboxylic acids is 1. The number of rotatable bonds is 3. The van der Waals surface area contributed by atoms with Crippen LogP contribution in [-0.2, 0) is 0 Å². The van der Waals surface area contributed by atoms with Gasteiger partial charge in [-0.15, -0.1) is 0 Å². The molecule has 0 atom stereocenters. The molecule has 0 spiro atoms. The fraction of sp³-hybridized carbons (Fsp3) is 0.214. The molecule has 5 heteroatoms. The van der Waals surface area contributed by atoms with Crippen LogP contribution in [0, 0.1) is 13.8 Å². The molecule has 2 aromatic rings. The zero-order valence-corrected chi connectivity index (χ0v) is 11.1. The topological polar surface area (TPSA) is 75.1 Å². The fourth-order valence-electron chi connectivity index (χ4n) is 1.87. The van der Waals surface area contributed by atoms with E-state index in [-0.39, 0.29) is 5.69 Å². The van der Waals surface area contributed by atoms with E-state index in [0.29, 0.717) is 11.6 Å². The smallest absolute Gasteiger partial charge is 0.354 e. The molecule has 0 aliphatic carbocycles. The average molecular weight is 257 g/mol. The minimum atomic E-state index is -1.06. The van der Waals surface area contributed by atoms with Gasteiger partial charge in [-0.3, -0.25) is 0 Å². The Hall–Kier alpha value is -2.43. The Bertz CT molecular complexity index is 639. The Labute approximate surface area is 111 Å². The third-order valence-corrected chi connectivity index (χ3v) is 2.82. The molecule has 0 saturated carbocycles. The number of aryl methyl sites for hydroxylation is 2. The lowest BCUT2D eigenvalue weighted by Gasteiger charge is -2.08. The van der Waals surface area contributed by atoms with Crippen molar-refractivity contribution in [1.82, 2.24) is 9.97 Å². The number of carboxylic acid groups (broad SMARTS) is 1. The van der Waals surface area contributed by atoms with E-state index >= 15 is 0 Å². The maximum absolute atomic E-state index is 11.1. The van der Waals surface area contributed by atoms with E-state index in [1.54, 1.807) is 7.05 Å². The van der Waals surface area contributed by atoms with Gasteiger partial charge in [0.2, 0.25) is 0 Å². The molecule has 5 nitrogen and oxygen atoms in total. The molecule has 0 radical (unpaired) electrons. The first-order valence-corrected chi connectivity index (χ1v) is 5.89. The van der Waals surface area contributed by atoms with Crippen molar-refractivity contribution in [1.29, 1.82) is 0 Å². The maximum atomic E-state index is 11.1. The SMILES string of the molecule is CNc1cc(C(=O)O)nc(-c2ccc(C)cc2C)n1. The maximum Gasteiger partial charge on any atom is 0.354 e. The van der Waals surface area contributed by atoms with E-state index in [4.69, 9.17) is 5.11 Å². The summed E-state index contributed by atoms with van der Waals surface area (Å²) in [6.07, 6.45) is 0. The number of aromatic nitrogens is 2. The van der Waals surface area contributed by atoms with Crippen LogP contribution in [0.25, 0.3) is 11.4 Å². The molecule has 1 heterocycles. The third kappa shape index (κ3) is 2.70. The molecule has 0 saturated heterocycles. The Morgan fingerprint density at radius 3 is 2.53 bits per heavy atom. The highest BCUT2D eigenvalue weighted by Gasteiger charge is 2.12. The summed E-state index contributed by atoms with van der Waals surface area (Å²) in [6.45, 7) is 3.96. The van der Waals surface area contributed by atoms with Gasteiger partial charge in [0.25, 0.3) is 0 Å². The molecule has 1 aromatic heterocycles. The van der Waals surface area contributed by atoms with Crippen LogP contribution in [0.1, 0.15) is 21.6 Å². The van der Waals surface area contributed by atoms with Crippen molar-refractivity contribution in [3.8, 4) is 11.4 Å². The Morgan fingerprint density at radius 1 is 1.21 bits per heavy atom. The summed E-state index contributed by atoms with van der Waals surface area (Å²) in [7, 11) is 1.69. The first kappa shape index (κ1) is 13.0. The van der Waals surface area contributed by atoms with Gasteiger partial charge >= 0.3 is 5.97 Å². The Balaban J connectivity index is 2.60. The second kappa shape index (κ2) is 5.06. The van der Waals surface area contributed by atoms with Crippen LogP contribution in [0.4, 0.5) is 5.82 Å². The summed E-state index contributed by atoms with van der Waals surface area (Å²) >= 11 is 0. The van der Waals surface area contributed by atoms with E-state index in [0.717, 1.165) is 16.7 Å². The number of anilines is 1. The number of hydrogen-bond donors (Lipinski definition) is 2. The second-order valence-corrected chi connectivity index (χ2v) is 4.34. The van der Waals surface area contributed by atoms with Crippen molar-refractivity contribution >= 4 is 11.8 Å². The molecule has 19 heavy (non-hydrogen) atoms. The normalized spacial score (nSPS) is 10.3. The minimum Gasteiger partial charge on any atom is -0.477 e. The predicted molar refractivity (Wildman–Crippen MR) is 73.4 cm³/mol. The molecular weight excluding hydrogens is 242 g/mol. The molecular formula is C14H15N3O2. The van der Waals surface area contributed by atoms with Crippen molar-refractivity contribution in [2.45, 2.75) is 13.8 Å². The first-order valence-electron chi connectivity index (χ1n) is 5.89. The largest absolute Gasteiger partial charge is 0.477 e. The van der Waals surface area contributed by atoms with Crippen LogP contribution in [0.3, 0.4) is 0 Å². The summed E-state index contributed by atoms with van der Waals surface area (Å²) < 4.78 is 0. The summed E-state index contributed by atoms with van der Waals surface area (Å²) in [6, 6.07) is 7.30. The third-order valence-electron chi connectivity index (χ3n) is 2.82. The zero-order chi connectivity index (χ0) is 14.0. The highest BCUT2D eigenvalue weighted by Crippen LogP contribution is 2.22. The molecule has 0 bridgehead atoms. The molecule has 98 valence electrons. The number of nitrogens with one attached hydrogen (secondary N) is 1. The quantitative estimate of drug-likeness (QED) is 0.883. The standard InChI is InChI=1S/C14H15N3O2/c1-8-4-5-10(9(2)6-8)13-16-11(14(18)19)7-12(15-3)17-13/h4-7H,1-3H3,(H,18,19)(H,15,16,17). The van der Waals surface area contributed by atoms with Gasteiger partial charge in [0.1, 0.15) is 5.82 Å². The van der Waals surface area contributed by atoms with Crippen molar-refractivity contribution in [2.75, 3.05) is 12.4 Å². The number of nitrogens with zero attached hydrogens (tertiary/aromatic N) is 2. The average Bonchev–Trinajstić information content (AvgIpc) is 2.38. The van der Waals surface area contributed by atoms with Crippen molar-refractivity contribution in [3.63, 3.8) is 0 Å². The lowest BCUT2D eigenvalue weighted by molar-refractivity contribution is 0.0690. The number of carboxylic acids is 1. The molecule has 0 amide bonds. The lowest BCUT2D eigenvalue weighted by Crippen LogP contribution is -2.06. The number of benzene rings is 1. The zero-order valence-electron chi connectivity index (χ0n) is 11.1. The van der Waals surface area contributed by atoms with Gasteiger partial charge in [0.05, 0.1) is 0 Å². The van der Waals surface area contributed by atoms with E-state index in [9.17, 15) is 4.79 Å². The van der Waals surface area contributed by atoms with E-state index in [1.807, 2.05) is 32.0 Å². The second-order valence-electron chi connectivity index (χ2n) is 4.34. The van der Waals surface area contributed by atoms with Crippen LogP contribution in [0.2, 0.25) is 0 Å². The van der Waals surface area contributed by atoms with Crippen LogP contribution < -0.4 is 5.32 Å². The summed E-state index contributed by atoms with van der Waals surface area (Å²) in [5.41, 5.74) is 2.98. The van der Waals surface area contributed by atoms with Gasteiger partial charge in [-0.2, -0.15) is 0 Å². The number of carbonyl (C=O) groups is 1. The summed E-state index contributed by atoms with van der Waals surface area (Å²) in [5.74, 6) is -0.158. The van der Waals surface area contributed by atoms with E-state index in [1.165, 1.54) is 6.07 Å². The Kier molecular flexibility index (Phi) is 3.46. The van der Waals surface area contributed by atoms with Crippen LogP contribution in [0.5, 0.6) is 0 Å². The lowest BCUT2D eigenvalue weighted by atomic mass is 10.1.